The molecule has 2 heterocycles. The molecule has 3 nitrogen and oxygen atoms in total. The van der Waals surface area contributed by atoms with E-state index in [1.54, 1.807) is 0 Å². The summed E-state index contributed by atoms with van der Waals surface area (Å²) in [5.74, 6) is 1.50. The van der Waals surface area contributed by atoms with Crippen molar-refractivity contribution in [1.82, 2.24) is 15.3 Å². The van der Waals surface area contributed by atoms with Crippen molar-refractivity contribution in [3.63, 3.8) is 0 Å². The Bertz CT molecular complexity index is 707. The number of aromatic nitrogens is 2. The molecule has 22 heavy (non-hydrogen) atoms. The second-order valence-corrected chi connectivity index (χ2v) is 7.11. The maximum absolute atomic E-state index is 4.34. The lowest BCUT2D eigenvalue weighted by atomic mass is 9.59. The average molecular weight is 293 g/mol. The highest BCUT2D eigenvalue weighted by atomic mass is 14.9. The largest absolute Gasteiger partial charge is 0.313 e. The van der Waals surface area contributed by atoms with Gasteiger partial charge in [0.2, 0.25) is 0 Å². The van der Waals surface area contributed by atoms with Crippen LogP contribution in [0.5, 0.6) is 0 Å². The van der Waals surface area contributed by atoms with Crippen LogP contribution in [0.4, 0.5) is 0 Å². The Labute approximate surface area is 132 Å². The van der Waals surface area contributed by atoms with Crippen LogP contribution in [0.2, 0.25) is 0 Å². The van der Waals surface area contributed by atoms with Gasteiger partial charge in [0.1, 0.15) is 5.82 Å². The quantitative estimate of drug-likeness (QED) is 0.877. The first kappa shape index (κ1) is 13.9. The molecule has 0 radical (unpaired) electrons. The van der Waals surface area contributed by atoms with Crippen LogP contribution in [0.15, 0.2) is 30.6 Å². The fourth-order valence-corrected chi connectivity index (χ4v) is 4.24. The van der Waals surface area contributed by atoms with Crippen LogP contribution in [-0.4, -0.2) is 22.6 Å². The number of aryl methyl sites for hydroxylation is 1. The number of piperidine rings is 1. The highest BCUT2D eigenvalue weighted by Crippen LogP contribution is 2.46. The van der Waals surface area contributed by atoms with Crippen LogP contribution in [0.3, 0.4) is 0 Å². The van der Waals surface area contributed by atoms with Gasteiger partial charge in [-0.2, -0.15) is 0 Å². The lowest BCUT2D eigenvalue weighted by molar-refractivity contribution is 0.158. The monoisotopic (exact) mass is 293 g/mol. The van der Waals surface area contributed by atoms with Gasteiger partial charge in [0.05, 0.1) is 0 Å². The highest BCUT2D eigenvalue weighted by Gasteiger charge is 2.45. The van der Waals surface area contributed by atoms with Gasteiger partial charge in [-0.3, -0.25) is 0 Å². The predicted molar refractivity (Wildman–Crippen MR) is 88.8 cm³/mol. The minimum atomic E-state index is 0.283. The molecule has 114 valence electrons. The van der Waals surface area contributed by atoms with E-state index in [-0.39, 0.29) is 5.41 Å². The molecule has 1 aromatic carbocycles. The van der Waals surface area contributed by atoms with E-state index in [1.807, 2.05) is 19.3 Å². The number of rotatable bonds is 1. The van der Waals surface area contributed by atoms with Gasteiger partial charge in [-0.15, -0.1) is 0 Å². The fourth-order valence-electron chi connectivity index (χ4n) is 4.24. The van der Waals surface area contributed by atoms with Crippen LogP contribution < -0.4 is 5.32 Å². The number of nitrogens with zero attached hydrogens (tertiary/aromatic N) is 2. The molecule has 1 N–H and O–H groups in total. The summed E-state index contributed by atoms with van der Waals surface area (Å²) in [6.07, 6.45) is 6.23. The molecular weight excluding hydrogens is 270 g/mol. The molecule has 4 rings (SSSR count). The molecule has 1 aliphatic carbocycles. The lowest BCUT2D eigenvalue weighted by Crippen LogP contribution is -2.56. The first-order chi connectivity index (χ1) is 10.6. The normalized spacial score (nSPS) is 30.0. The van der Waals surface area contributed by atoms with Crippen molar-refractivity contribution in [1.29, 1.82) is 0 Å². The summed E-state index contributed by atoms with van der Waals surface area (Å²) in [5, 5.41) is 3.70. The zero-order valence-electron chi connectivity index (χ0n) is 13.6. The minimum Gasteiger partial charge on any atom is -0.313 e. The van der Waals surface area contributed by atoms with Gasteiger partial charge < -0.3 is 5.32 Å². The molecule has 2 aliphatic rings. The molecule has 1 saturated heterocycles. The summed E-state index contributed by atoms with van der Waals surface area (Å²) in [5.41, 5.74) is 5.68. The number of fused-ring (bicyclic) bond motifs is 4. The van der Waals surface area contributed by atoms with Gasteiger partial charge in [-0.25, -0.2) is 9.97 Å². The van der Waals surface area contributed by atoms with Crippen LogP contribution in [0.25, 0.3) is 11.1 Å². The maximum Gasteiger partial charge on any atom is 0.125 e. The van der Waals surface area contributed by atoms with E-state index in [4.69, 9.17) is 0 Å². The third-order valence-electron chi connectivity index (χ3n) is 5.94. The number of hydrogen-bond donors (Lipinski definition) is 1. The number of hydrogen-bond acceptors (Lipinski definition) is 3. The Hall–Kier alpha value is -1.74. The van der Waals surface area contributed by atoms with Crippen LogP contribution in [0.1, 0.15) is 37.2 Å². The number of benzene rings is 1. The van der Waals surface area contributed by atoms with Gasteiger partial charge in [-0.05, 0) is 54.3 Å². The van der Waals surface area contributed by atoms with Crippen molar-refractivity contribution in [3.05, 3.63) is 47.5 Å². The summed E-state index contributed by atoms with van der Waals surface area (Å²) < 4.78 is 0. The molecule has 0 saturated carbocycles. The first-order valence-corrected chi connectivity index (χ1v) is 8.24. The Balaban J connectivity index is 1.82. The standard InChI is InChI=1S/C19H23N3/c1-12-18-9-15-5-4-14(16-10-21-13(2)22-11-16)8-17(15)19(12,3)6-7-20-18/h4-5,8,10-12,18,20H,6-7,9H2,1-3H3/t12?,18?,19-/m1/s1. The topological polar surface area (TPSA) is 37.8 Å². The van der Waals surface area contributed by atoms with Crippen LogP contribution >= 0.6 is 0 Å². The van der Waals surface area contributed by atoms with Crippen molar-refractivity contribution in [2.75, 3.05) is 6.54 Å². The van der Waals surface area contributed by atoms with Crippen LogP contribution in [0, 0.1) is 12.8 Å². The summed E-state index contributed by atoms with van der Waals surface area (Å²) in [7, 11) is 0. The molecule has 0 spiro atoms. The Morgan fingerprint density at radius 3 is 2.73 bits per heavy atom. The molecule has 2 bridgehead atoms. The summed E-state index contributed by atoms with van der Waals surface area (Å²) in [6.45, 7) is 7.90. The summed E-state index contributed by atoms with van der Waals surface area (Å²) in [6, 6.07) is 7.55. The van der Waals surface area contributed by atoms with E-state index in [0.717, 1.165) is 24.4 Å². The molecule has 2 aromatic rings. The van der Waals surface area contributed by atoms with Crippen molar-refractivity contribution in [2.24, 2.45) is 5.92 Å². The average Bonchev–Trinajstić information content (AvgIpc) is 2.51. The zero-order valence-corrected chi connectivity index (χ0v) is 13.6. The van der Waals surface area contributed by atoms with Crippen molar-refractivity contribution in [2.45, 2.75) is 45.1 Å². The molecule has 1 fully saturated rings. The van der Waals surface area contributed by atoms with Crippen molar-refractivity contribution < 1.29 is 0 Å². The Kier molecular flexibility index (Phi) is 3.08. The molecular formula is C19H23N3. The molecule has 2 unspecified atom stereocenters. The van der Waals surface area contributed by atoms with Gasteiger partial charge in [0, 0.05) is 24.0 Å². The van der Waals surface area contributed by atoms with Crippen molar-refractivity contribution in [3.8, 4) is 11.1 Å². The molecule has 0 amide bonds. The first-order valence-electron chi connectivity index (χ1n) is 8.24. The van der Waals surface area contributed by atoms with Gasteiger partial charge in [-0.1, -0.05) is 32.0 Å². The molecule has 3 heteroatoms. The molecule has 1 aliphatic heterocycles. The summed E-state index contributed by atoms with van der Waals surface area (Å²) >= 11 is 0. The second-order valence-electron chi connectivity index (χ2n) is 7.11. The predicted octanol–water partition coefficient (Wildman–Crippen LogP) is 3.26. The second kappa shape index (κ2) is 4.88. The highest BCUT2D eigenvalue weighted by molar-refractivity contribution is 5.64. The van der Waals surface area contributed by atoms with E-state index in [0.29, 0.717) is 12.0 Å². The Morgan fingerprint density at radius 2 is 1.95 bits per heavy atom. The van der Waals surface area contributed by atoms with Crippen molar-refractivity contribution >= 4 is 0 Å². The van der Waals surface area contributed by atoms with E-state index in [2.05, 4.69) is 47.3 Å². The van der Waals surface area contributed by atoms with E-state index in [9.17, 15) is 0 Å². The maximum atomic E-state index is 4.34. The molecule has 3 atom stereocenters. The zero-order chi connectivity index (χ0) is 15.3. The summed E-state index contributed by atoms with van der Waals surface area (Å²) in [4.78, 5) is 8.68. The van der Waals surface area contributed by atoms with E-state index in [1.165, 1.54) is 23.1 Å². The van der Waals surface area contributed by atoms with Crippen LogP contribution in [-0.2, 0) is 11.8 Å². The number of nitrogens with one attached hydrogen (secondary N) is 1. The third kappa shape index (κ3) is 1.99. The van der Waals surface area contributed by atoms with E-state index < -0.39 is 0 Å². The molecule has 1 aromatic heterocycles. The smallest absolute Gasteiger partial charge is 0.125 e. The fraction of sp³-hybridized carbons (Fsp3) is 0.474. The minimum absolute atomic E-state index is 0.283. The van der Waals surface area contributed by atoms with Gasteiger partial charge >= 0.3 is 0 Å². The lowest BCUT2D eigenvalue weighted by Gasteiger charge is -2.50. The third-order valence-corrected chi connectivity index (χ3v) is 5.94. The van der Waals surface area contributed by atoms with Gasteiger partial charge in [0.15, 0.2) is 0 Å². The van der Waals surface area contributed by atoms with E-state index >= 15 is 0 Å². The Morgan fingerprint density at radius 1 is 1.18 bits per heavy atom. The SMILES string of the molecule is Cc1ncc(-c2ccc3c(c2)[C@]2(C)CCNC(C3)C2C)cn1. The van der Waals surface area contributed by atoms with Gasteiger partial charge in [0.25, 0.3) is 0 Å².